The van der Waals surface area contributed by atoms with Gasteiger partial charge in [-0.05, 0) is 6.42 Å². The molecule has 2 unspecified atom stereocenters. The Morgan fingerprint density at radius 2 is 2.23 bits per heavy atom. The van der Waals surface area contributed by atoms with E-state index in [0.717, 1.165) is 13.0 Å². The van der Waals surface area contributed by atoms with Crippen molar-refractivity contribution in [3.8, 4) is 0 Å². The minimum absolute atomic E-state index is 0.126. The lowest BCUT2D eigenvalue weighted by atomic mass is 10.0. The lowest BCUT2D eigenvalue weighted by Crippen LogP contribution is -2.49. The molecule has 0 saturated carbocycles. The third-order valence-corrected chi connectivity index (χ3v) is 4.48. The van der Waals surface area contributed by atoms with Gasteiger partial charge in [-0.15, -0.1) is 0 Å². The maximum absolute atomic E-state index is 11.3. The van der Waals surface area contributed by atoms with E-state index in [1.807, 2.05) is 0 Å². The SMILES string of the molecule is O=S1(=O)CCNC(C2CCOC2)C1. The average Bonchev–Trinajstić information content (AvgIpc) is 2.53. The van der Waals surface area contributed by atoms with E-state index in [4.69, 9.17) is 4.74 Å². The molecule has 0 amide bonds. The Morgan fingerprint density at radius 3 is 2.85 bits per heavy atom. The Kier molecular flexibility index (Phi) is 2.58. The number of hydrogen-bond donors (Lipinski definition) is 1. The molecule has 2 fully saturated rings. The van der Waals surface area contributed by atoms with Crippen molar-refractivity contribution in [1.82, 2.24) is 5.32 Å². The van der Waals surface area contributed by atoms with E-state index < -0.39 is 9.84 Å². The summed E-state index contributed by atoms with van der Waals surface area (Å²) in [6, 6.07) is 0.126. The highest BCUT2D eigenvalue weighted by atomic mass is 32.2. The number of nitrogens with one attached hydrogen (secondary N) is 1. The van der Waals surface area contributed by atoms with Crippen LogP contribution in [0.4, 0.5) is 0 Å². The highest BCUT2D eigenvalue weighted by molar-refractivity contribution is 7.91. The Morgan fingerprint density at radius 1 is 1.38 bits per heavy atom. The van der Waals surface area contributed by atoms with Gasteiger partial charge >= 0.3 is 0 Å². The fourth-order valence-electron chi connectivity index (χ4n) is 1.99. The van der Waals surface area contributed by atoms with Crippen molar-refractivity contribution < 1.29 is 13.2 Å². The van der Waals surface area contributed by atoms with E-state index in [0.29, 0.717) is 24.8 Å². The van der Waals surface area contributed by atoms with E-state index in [1.165, 1.54) is 0 Å². The molecule has 0 bridgehead atoms. The summed E-state index contributed by atoms with van der Waals surface area (Å²) >= 11 is 0. The molecule has 1 N–H and O–H groups in total. The van der Waals surface area contributed by atoms with Crippen LogP contribution in [-0.4, -0.2) is 45.7 Å². The zero-order chi connectivity index (χ0) is 9.31. The van der Waals surface area contributed by atoms with Gasteiger partial charge in [0.15, 0.2) is 9.84 Å². The summed E-state index contributed by atoms with van der Waals surface area (Å²) in [5, 5.41) is 3.26. The Hall–Kier alpha value is -0.130. The van der Waals surface area contributed by atoms with Crippen molar-refractivity contribution in [2.75, 3.05) is 31.3 Å². The second kappa shape index (κ2) is 3.55. The normalized spacial score (nSPS) is 39.1. The Balaban J connectivity index is 1.99. The molecule has 2 saturated heterocycles. The summed E-state index contributed by atoms with van der Waals surface area (Å²) in [5.74, 6) is 0.980. The van der Waals surface area contributed by atoms with Crippen LogP contribution in [0, 0.1) is 5.92 Å². The van der Waals surface area contributed by atoms with E-state index >= 15 is 0 Å². The van der Waals surface area contributed by atoms with Gasteiger partial charge in [-0.3, -0.25) is 0 Å². The predicted molar refractivity (Wildman–Crippen MR) is 49.4 cm³/mol. The summed E-state index contributed by atoms with van der Waals surface area (Å²) in [6.07, 6.45) is 0.993. The predicted octanol–water partition coefficient (Wildman–Crippen LogP) is -0.590. The number of sulfone groups is 1. The van der Waals surface area contributed by atoms with E-state index in [2.05, 4.69) is 5.32 Å². The Bertz CT molecular complexity index is 269. The van der Waals surface area contributed by atoms with Crippen molar-refractivity contribution in [1.29, 1.82) is 0 Å². The second-order valence-electron chi connectivity index (χ2n) is 3.80. The molecule has 0 spiro atoms. The molecule has 2 heterocycles. The first-order valence-electron chi connectivity index (χ1n) is 4.69. The summed E-state index contributed by atoms with van der Waals surface area (Å²) in [4.78, 5) is 0. The van der Waals surface area contributed by atoms with E-state index in [9.17, 15) is 8.42 Å². The fourth-order valence-corrected chi connectivity index (χ4v) is 3.52. The third kappa shape index (κ3) is 2.21. The standard InChI is InChI=1S/C8H15NO3S/c10-13(11)4-2-9-8(6-13)7-1-3-12-5-7/h7-9H,1-6H2. The van der Waals surface area contributed by atoms with Gasteiger partial charge in [0.2, 0.25) is 0 Å². The minimum Gasteiger partial charge on any atom is -0.381 e. The van der Waals surface area contributed by atoms with Gasteiger partial charge in [-0.2, -0.15) is 0 Å². The molecule has 13 heavy (non-hydrogen) atoms. The lowest BCUT2D eigenvalue weighted by molar-refractivity contribution is 0.178. The quantitative estimate of drug-likeness (QED) is 0.621. The summed E-state index contributed by atoms with van der Waals surface area (Å²) in [5.41, 5.74) is 0. The summed E-state index contributed by atoms with van der Waals surface area (Å²) in [7, 11) is -2.79. The molecule has 0 radical (unpaired) electrons. The molecule has 2 rings (SSSR count). The molecule has 4 nitrogen and oxygen atoms in total. The largest absolute Gasteiger partial charge is 0.381 e. The fraction of sp³-hybridized carbons (Fsp3) is 1.00. The van der Waals surface area contributed by atoms with E-state index in [1.54, 1.807) is 0 Å². The zero-order valence-electron chi connectivity index (χ0n) is 7.53. The van der Waals surface area contributed by atoms with Crippen LogP contribution >= 0.6 is 0 Å². The first-order chi connectivity index (χ1) is 6.17. The van der Waals surface area contributed by atoms with Gasteiger partial charge in [0, 0.05) is 25.1 Å². The van der Waals surface area contributed by atoms with Crippen LogP contribution < -0.4 is 5.32 Å². The van der Waals surface area contributed by atoms with Crippen molar-refractivity contribution in [2.45, 2.75) is 12.5 Å². The molecule has 0 aromatic heterocycles. The molecule has 0 aromatic rings. The first-order valence-corrected chi connectivity index (χ1v) is 6.51. The smallest absolute Gasteiger partial charge is 0.153 e. The average molecular weight is 205 g/mol. The van der Waals surface area contributed by atoms with E-state index in [-0.39, 0.29) is 11.8 Å². The number of rotatable bonds is 1. The maximum Gasteiger partial charge on any atom is 0.153 e. The van der Waals surface area contributed by atoms with Crippen LogP contribution in [0.15, 0.2) is 0 Å². The van der Waals surface area contributed by atoms with Crippen molar-refractivity contribution in [3.05, 3.63) is 0 Å². The van der Waals surface area contributed by atoms with Gasteiger partial charge in [-0.1, -0.05) is 0 Å². The molecule has 0 aliphatic carbocycles. The lowest BCUT2D eigenvalue weighted by Gasteiger charge is -2.27. The molecular weight excluding hydrogens is 190 g/mol. The highest BCUT2D eigenvalue weighted by Crippen LogP contribution is 2.19. The second-order valence-corrected chi connectivity index (χ2v) is 6.03. The molecule has 2 aliphatic heterocycles. The van der Waals surface area contributed by atoms with Gasteiger partial charge in [0.25, 0.3) is 0 Å². The summed E-state index contributed by atoms with van der Waals surface area (Å²) in [6.45, 7) is 2.10. The highest BCUT2D eigenvalue weighted by Gasteiger charge is 2.32. The van der Waals surface area contributed by atoms with Crippen molar-refractivity contribution >= 4 is 9.84 Å². The maximum atomic E-state index is 11.3. The van der Waals surface area contributed by atoms with Crippen LogP contribution in [0.1, 0.15) is 6.42 Å². The van der Waals surface area contributed by atoms with Gasteiger partial charge in [0.1, 0.15) is 0 Å². The number of hydrogen-bond acceptors (Lipinski definition) is 4. The minimum atomic E-state index is -2.79. The van der Waals surface area contributed by atoms with Crippen molar-refractivity contribution in [2.24, 2.45) is 5.92 Å². The topological polar surface area (TPSA) is 55.4 Å². The first kappa shape index (κ1) is 9.43. The van der Waals surface area contributed by atoms with Crippen LogP contribution in [0.3, 0.4) is 0 Å². The summed E-state index contributed by atoms with van der Waals surface area (Å²) < 4.78 is 27.9. The number of ether oxygens (including phenoxy) is 1. The van der Waals surface area contributed by atoms with Crippen LogP contribution in [0.2, 0.25) is 0 Å². The van der Waals surface area contributed by atoms with Gasteiger partial charge < -0.3 is 10.1 Å². The van der Waals surface area contributed by atoms with Crippen LogP contribution in [0.5, 0.6) is 0 Å². The molecule has 5 heteroatoms. The van der Waals surface area contributed by atoms with Crippen molar-refractivity contribution in [3.63, 3.8) is 0 Å². The molecular formula is C8H15NO3S. The van der Waals surface area contributed by atoms with Gasteiger partial charge in [-0.25, -0.2) is 8.42 Å². The van der Waals surface area contributed by atoms with Crippen LogP contribution in [0.25, 0.3) is 0 Å². The zero-order valence-corrected chi connectivity index (χ0v) is 8.35. The van der Waals surface area contributed by atoms with Gasteiger partial charge in [0.05, 0.1) is 18.1 Å². The molecule has 2 aliphatic rings. The molecule has 2 atom stereocenters. The van der Waals surface area contributed by atoms with Crippen LogP contribution in [-0.2, 0) is 14.6 Å². The molecule has 76 valence electrons. The monoisotopic (exact) mass is 205 g/mol. The third-order valence-electron chi connectivity index (χ3n) is 2.79. The Labute approximate surface area is 78.6 Å². The molecule has 0 aromatic carbocycles.